The van der Waals surface area contributed by atoms with Crippen molar-refractivity contribution in [3.8, 4) is 0 Å². The summed E-state index contributed by atoms with van der Waals surface area (Å²) in [5, 5.41) is 1.93. The molecule has 1 aromatic carbocycles. The lowest BCUT2D eigenvalue weighted by molar-refractivity contribution is 0.104. The van der Waals surface area contributed by atoms with E-state index in [0.717, 1.165) is 23.3 Å². The highest BCUT2D eigenvalue weighted by molar-refractivity contribution is 7.12. The van der Waals surface area contributed by atoms with E-state index in [1.165, 1.54) is 16.9 Å². The first-order valence-electron chi connectivity index (χ1n) is 5.48. The zero-order chi connectivity index (χ0) is 11.4. The van der Waals surface area contributed by atoms with Gasteiger partial charge in [0.05, 0.1) is 4.88 Å². The molecule has 16 heavy (non-hydrogen) atoms. The van der Waals surface area contributed by atoms with Gasteiger partial charge in [-0.05, 0) is 23.4 Å². The van der Waals surface area contributed by atoms with Crippen LogP contribution in [0.2, 0.25) is 0 Å². The minimum Gasteiger partial charge on any atom is -0.288 e. The molecule has 1 aromatic heterocycles. The number of rotatable bonds is 4. The van der Waals surface area contributed by atoms with Crippen LogP contribution in [0.3, 0.4) is 0 Å². The molecule has 0 bridgehead atoms. The predicted molar refractivity (Wildman–Crippen MR) is 68.2 cm³/mol. The largest absolute Gasteiger partial charge is 0.288 e. The van der Waals surface area contributed by atoms with E-state index in [9.17, 15) is 4.79 Å². The molecule has 0 spiro atoms. The Labute approximate surface area is 99.8 Å². The van der Waals surface area contributed by atoms with Gasteiger partial charge in [0.15, 0.2) is 0 Å². The van der Waals surface area contributed by atoms with Gasteiger partial charge in [0.1, 0.15) is 0 Å². The number of aryl methyl sites for hydroxylation is 1. The lowest BCUT2D eigenvalue weighted by Crippen LogP contribution is -1.98. The summed E-state index contributed by atoms with van der Waals surface area (Å²) in [4.78, 5) is 12.8. The highest BCUT2D eigenvalue weighted by Gasteiger charge is 2.09. The molecule has 1 heterocycles. The van der Waals surface area contributed by atoms with Crippen molar-refractivity contribution in [2.45, 2.75) is 19.8 Å². The zero-order valence-corrected chi connectivity index (χ0v) is 10.1. The van der Waals surface area contributed by atoms with Crippen LogP contribution < -0.4 is 0 Å². The second kappa shape index (κ2) is 5.08. The first-order valence-corrected chi connectivity index (χ1v) is 6.36. The number of thiophene rings is 1. The van der Waals surface area contributed by atoms with Gasteiger partial charge < -0.3 is 0 Å². The first-order chi connectivity index (χ1) is 7.81. The maximum absolute atomic E-state index is 12.0. The number of carbonyl (C=O) groups excluding carboxylic acids is 1. The number of hydrogen-bond acceptors (Lipinski definition) is 2. The molecule has 0 atom stereocenters. The van der Waals surface area contributed by atoms with Crippen molar-refractivity contribution in [3.63, 3.8) is 0 Å². The first kappa shape index (κ1) is 11.1. The Balaban J connectivity index is 2.19. The van der Waals surface area contributed by atoms with Gasteiger partial charge in [0, 0.05) is 5.56 Å². The summed E-state index contributed by atoms with van der Waals surface area (Å²) < 4.78 is 0. The topological polar surface area (TPSA) is 17.1 Å². The molecule has 2 aromatic rings. The van der Waals surface area contributed by atoms with E-state index >= 15 is 0 Å². The maximum atomic E-state index is 12.0. The number of ketones is 1. The molecule has 0 unspecified atom stereocenters. The van der Waals surface area contributed by atoms with Crippen molar-refractivity contribution in [1.29, 1.82) is 0 Å². The molecule has 1 nitrogen and oxygen atoms in total. The summed E-state index contributed by atoms with van der Waals surface area (Å²) in [6.45, 7) is 2.16. The van der Waals surface area contributed by atoms with Crippen molar-refractivity contribution in [1.82, 2.24) is 0 Å². The summed E-state index contributed by atoms with van der Waals surface area (Å²) in [6.07, 6.45) is 2.21. The van der Waals surface area contributed by atoms with E-state index in [0.29, 0.717) is 0 Å². The second-order valence-corrected chi connectivity index (χ2v) is 4.70. The third-order valence-corrected chi connectivity index (χ3v) is 3.37. The predicted octanol–water partition coefficient (Wildman–Crippen LogP) is 3.93. The molecule has 0 saturated carbocycles. The molecule has 2 heteroatoms. The van der Waals surface area contributed by atoms with Gasteiger partial charge in [-0.2, -0.15) is 0 Å². The average molecular weight is 230 g/mol. The van der Waals surface area contributed by atoms with Crippen LogP contribution in [-0.4, -0.2) is 5.78 Å². The Morgan fingerprint density at radius 2 is 1.94 bits per heavy atom. The highest BCUT2D eigenvalue weighted by atomic mass is 32.1. The Morgan fingerprint density at radius 3 is 2.50 bits per heavy atom. The van der Waals surface area contributed by atoms with Gasteiger partial charge in [-0.3, -0.25) is 4.79 Å². The van der Waals surface area contributed by atoms with E-state index in [2.05, 4.69) is 6.92 Å². The van der Waals surface area contributed by atoms with Gasteiger partial charge in [0.2, 0.25) is 5.78 Å². The summed E-state index contributed by atoms with van der Waals surface area (Å²) in [7, 11) is 0. The van der Waals surface area contributed by atoms with Crippen molar-refractivity contribution in [2.24, 2.45) is 0 Å². The van der Waals surface area contributed by atoms with Crippen molar-refractivity contribution in [2.75, 3.05) is 0 Å². The van der Waals surface area contributed by atoms with E-state index < -0.39 is 0 Å². The van der Waals surface area contributed by atoms with Crippen LogP contribution in [0.5, 0.6) is 0 Å². The molecule has 82 valence electrons. The average Bonchev–Trinajstić information content (AvgIpc) is 2.83. The van der Waals surface area contributed by atoms with Crippen molar-refractivity contribution in [3.05, 3.63) is 57.8 Å². The number of benzene rings is 1. The van der Waals surface area contributed by atoms with Crippen LogP contribution >= 0.6 is 11.3 Å². The molecule has 0 aliphatic heterocycles. The summed E-state index contributed by atoms with van der Waals surface area (Å²) in [5.74, 6) is 0.123. The van der Waals surface area contributed by atoms with Gasteiger partial charge in [-0.25, -0.2) is 0 Å². The van der Waals surface area contributed by atoms with Crippen LogP contribution in [0.25, 0.3) is 0 Å². The Kier molecular flexibility index (Phi) is 3.52. The monoisotopic (exact) mass is 230 g/mol. The Bertz CT molecular complexity index is 454. The zero-order valence-electron chi connectivity index (χ0n) is 9.27. The molecular weight excluding hydrogens is 216 g/mol. The molecule has 0 radical (unpaired) electrons. The van der Waals surface area contributed by atoms with Crippen LogP contribution in [0, 0.1) is 0 Å². The molecule has 0 amide bonds. The molecular formula is C14H14OS. The molecule has 0 aliphatic carbocycles. The minimum absolute atomic E-state index is 0.123. The fraction of sp³-hybridized carbons (Fsp3) is 0.214. The molecule has 0 aliphatic rings. The third-order valence-electron chi connectivity index (χ3n) is 2.50. The van der Waals surface area contributed by atoms with E-state index in [4.69, 9.17) is 0 Å². The van der Waals surface area contributed by atoms with Crippen LogP contribution in [0.4, 0.5) is 0 Å². The van der Waals surface area contributed by atoms with E-state index in [1.807, 2.05) is 41.8 Å². The summed E-state index contributed by atoms with van der Waals surface area (Å²) in [5.41, 5.74) is 2.08. The van der Waals surface area contributed by atoms with Crippen molar-refractivity contribution < 1.29 is 4.79 Å². The second-order valence-electron chi connectivity index (χ2n) is 3.75. The highest BCUT2D eigenvalue weighted by Crippen LogP contribution is 2.16. The number of hydrogen-bond donors (Lipinski definition) is 0. The van der Waals surface area contributed by atoms with Crippen LogP contribution in [-0.2, 0) is 6.42 Å². The molecule has 0 N–H and O–H groups in total. The Morgan fingerprint density at radius 1 is 1.19 bits per heavy atom. The minimum atomic E-state index is 0.123. The fourth-order valence-electron chi connectivity index (χ4n) is 1.66. The summed E-state index contributed by atoms with van der Waals surface area (Å²) >= 11 is 1.49. The lowest BCUT2D eigenvalue weighted by atomic mass is 10.0. The van der Waals surface area contributed by atoms with Crippen LogP contribution in [0.15, 0.2) is 41.8 Å². The molecule has 0 saturated heterocycles. The normalized spacial score (nSPS) is 10.3. The Hall–Kier alpha value is -1.41. The standard InChI is InChI=1S/C14H14OS/c1-2-4-11-6-8-12(9-7-11)14(15)13-5-3-10-16-13/h3,5-10H,2,4H2,1H3. The summed E-state index contributed by atoms with van der Waals surface area (Å²) in [6, 6.07) is 11.7. The number of carbonyl (C=O) groups is 1. The quantitative estimate of drug-likeness (QED) is 0.727. The van der Waals surface area contributed by atoms with E-state index in [1.54, 1.807) is 0 Å². The van der Waals surface area contributed by atoms with Crippen molar-refractivity contribution >= 4 is 17.1 Å². The smallest absolute Gasteiger partial charge is 0.202 e. The SMILES string of the molecule is CCCc1ccc(C(=O)c2cccs2)cc1. The molecule has 0 fully saturated rings. The molecule has 2 rings (SSSR count). The fourth-order valence-corrected chi connectivity index (χ4v) is 2.35. The van der Waals surface area contributed by atoms with Gasteiger partial charge in [0.25, 0.3) is 0 Å². The van der Waals surface area contributed by atoms with Gasteiger partial charge >= 0.3 is 0 Å². The van der Waals surface area contributed by atoms with E-state index in [-0.39, 0.29) is 5.78 Å². The maximum Gasteiger partial charge on any atom is 0.202 e. The van der Waals surface area contributed by atoms with Crippen LogP contribution in [0.1, 0.15) is 34.1 Å². The third kappa shape index (κ3) is 2.39. The van der Waals surface area contributed by atoms with Gasteiger partial charge in [-0.1, -0.05) is 43.7 Å². The van der Waals surface area contributed by atoms with Gasteiger partial charge in [-0.15, -0.1) is 11.3 Å². The lowest BCUT2D eigenvalue weighted by Gasteiger charge is -2.01.